The first-order valence-electron chi connectivity index (χ1n) is 14.1. The highest BCUT2D eigenvalue weighted by atomic mass is 16.2. The fourth-order valence-electron chi connectivity index (χ4n) is 7.13. The van der Waals surface area contributed by atoms with Crippen molar-refractivity contribution in [3.63, 3.8) is 0 Å². The van der Waals surface area contributed by atoms with E-state index in [4.69, 9.17) is 0 Å². The summed E-state index contributed by atoms with van der Waals surface area (Å²) in [4.78, 5) is 86.5. The number of aromatic nitrogens is 3. The molecule has 12 heteroatoms. The number of hydrogen-bond donors (Lipinski definition) is 0. The van der Waals surface area contributed by atoms with Crippen LogP contribution in [0.5, 0.6) is 0 Å². The van der Waals surface area contributed by atoms with E-state index in [-0.39, 0.29) is 37.4 Å². The molecule has 39 heavy (non-hydrogen) atoms. The Morgan fingerprint density at radius 2 is 0.744 bits per heavy atom. The molecule has 3 fully saturated rings. The van der Waals surface area contributed by atoms with Gasteiger partial charge in [-0.1, -0.05) is 38.5 Å². The average molecular weight is 541 g/mol. The Morgan fingerprint density at radius 3 is 1.00 bits per heavy atom. The van der Waals surface area contributed by atoms with Crippen LogP contribution >= 0.6 is 0 Å². The maximum Gasteiger partial charge on any atom is 0.336 e. The van der Waals surface area contributed by atoms with Crippen LogP contribution in [-0.4, -0.2) is 51.6 Å². The largest absolute Gasteiger partial charge is 0.336 e. The molecule has 0 aromatic carbocycles. The molecular weight excluding hydrogens is 504 g/mol. The molecule has 0 bridgehead atoms. The van der Waals surface area contributed by atoms with Crippen molar-refractivity contribution in [3.05, 3.63) is 31.5 Å². The number of carbonyl (C=O) groups excluding carboxylic acids is 3. The average Bonchev–Trinajstić information content (AvgIpc) is 2.95. The molecule has 1 heterocycles. The molecule has 0 N–H and O–H groups in total. The van der Waals surface area contributed by atoms with Gasteiger partial charge in [0.05, 0.1) is 19.6 Å². The molecule has 210 valence electrons. The van der Waals surface area contributed by atoms with Gasteiger partial charge in [0.25, 0.3) is 0 Å². The van der Waals surface area contributed by atoms with E-state index in [1.807, 2.05) is 0 Å². The van der Waals surface area contributed by atoms with Gasteiger partial charge in [-0.25, -0.2) is 57.4 Å². The van der Waals surface area contributed by atoms with E-state index in [0.29, 0.717) is 38.5 Å². The first-order chi connectivity index (χ1) is 19.0. The minimum absolute atomic E-state index is 0.152. The van der Waals surface area contributed by atoms with E-state index in [2.05, 4.69) is 15.0 Å². The minimum atomic E-state index is -0.654. The summed E-state index contributed by atoms with van der Waals surface area (Å²) in [6.45, 7) is 0.456. The number of aliphatic imine (C=N–C) groups is 3. The zero-order chi connectivity index (χ0) is 27.8. The molecule has 6 unspecified atom stereocenters. The summed E-state index contributed by atoms with van der Waals surface area (Å²) in [5.41, 5.74) is -1.96. The molecule has 1 aromatic heterocycles. The van der Waals surface area contributed by atoms with Crippen LogP contribution in [0.1, 0.15) is 95.2 Å². The smallest absolute Gasteiger partial charge is 0.247 e. The molecule has 0 aliphatic heterocycles. The van der Waals surface area contributed by atoms with Crippen LogP contribution in [0, 0.1) is 17.8 Å². The predicted molar refractivity (Wildman–Crippen MR) is 141 cm³/mol. The lowest BCUT2D eigenvalue weighted by molar-refractivity contribution is 0.169. The van der Waals surface area contributed by atoms with Crippen molar-refractivity contribution in [3.8, 4) is 0 Å². The molecule has 3 aliphatic rings. The summed E-state index contributed by atoms with van der Waals surface area (Å²) in [6.07, 6.45) is 13.5. The van der Waals surface area contributed by atoms with Gasteiger partial charge in [0.2, 0.25) is 18.2 Å². The maximum absolute atomic E-state index is 14.2. The Labute approximate surface area is 225 Å². The summed E-state index contributed by atoms with van der Waals surface area (Å²) in [5.74, 6) is -0.643. The monoisotopic (exact) mass is 540 g/mol. The zero-order valence-electron chi connectivity index (χ0n) is 22.2. The highest BCUT2D eigenvalue weighted by Crippen LogP contribution is 2.36. The van der Waals surface area contributed by atoms with Crippen molar-refractivity contribution >= 4 is 18.2 Å². The third-order valence-electron chi connectivity index (χ3n) is 9.01. The van der Waals surface area contributed by atoms with Crippen LogP contribution in [0.25, 0.3) is 0 Å². The number of rotatable bonds is 9. The van der Waals surface area contributed by atoms with Gasteiger partial charge in [0, 0.05) is 35.9 Å². The van der Waals surface area contributed by atoms with Crippen molar-refractivity contribution in [2.24, 2.45) is 32.7 Å². The molecule has 3 saturated carbocycles. The molecule has 0 amide bonds. The summed E-state index contributed by atoms with van der Waals surface area (Å²) in [7, 11) is 0. The van der Waals surface area contributed by atoms with E-state index in [9.17, 15) is 28.8 Å². The van der Waals surface area contributed by atoms with Crippen molar-refractivity contribution in [1.29, 1.82) is 0 Å². The molecule has 4 rings (SSSR count). The lowest BCUT2D eigenvalue weighted by atomic mass is 9.83. The second kappa shape index (κ2) is 13.6. The molecule has 0 saturated heterocycles. The van der Waals surface area contributed by atoms with Gasteiger partial charge >= 0.3 is 17.1 Å². The highest BCUT2D eigenvalue weighted by molar-refractivity contribution is 5.33. The van der Waals surface area contributed by atoms with Crippen LogP contribution in [0.4, 0.5) is 0 Å². The second-order valence-electron chi connectivity index (χ2n) is 11.1. The van der Waals surface area contributed by atoms with Crippen LogP contribution < -0.4 is 17.1 Å². The maximum atomic E-state index is 14.2. The molecular formula is C27H36N6O6. The van der Waals surface area contributed by atoms with E-state index in [1.54, 1.807) is 18.2 Å². The van der Waals surface area contributed by atoms with Gasteiger partial charge < -0.3 is 0 Å². The first kappa shape index (κ1) is 28.6. The predicted octanol–water partition coefficient (Wildman–Crippen LogP) is 2.37. The van der Waals surface area contributed by atoms with Crippen LogP contribution in [0.15, 0.2) is 29.4 Å². The van der Waals surface area contributed by atoms with Gasteiger partial charge in [0.1, 0.15) is 0 Å². The van der Waals surface area contributed by atoms with Gasteiger partial charge in [-0.05, 0) is 38.5 Å². The number of hydrogen-bond acceptors (Lipinski definition) is 9. The fraction of sp³-hybridized carbons (Fsp3) is 0.778. The Kier molecular flexibility index (Phi) is 9.93. The summed E-state index contributed by atoms with van der Waals surface area (Å²) < 4.78 is 3.69. The van der Waals surface area contributed by atoms with E-state index in [0.717, 1.165) is 38.5 Å². The Morgan fingerprint density at radius 1 is 0.487 bits per heavy atom. The second-order valence-corrected chi connectivity index (χ2v) is 11.1. The van der Waals surface area contributed by atoms with Crippen LogP contribution in [0.3, 0.4) is 0 Å². The zero-order valence-corrected chi connectivity index (χ0v) is 22.2. The quantitative estimate of drug-likeness (QED) is 0.346. The Hall–Kier alpha value is -3.45. The summed E-state index contributed by atoms with van der Waals surface area (Å²) in [6, 6.07) is -1.54. The molecule has 6 atom stereocenters. The highest BCUT2D eigenvalue weighted by Gasteiger charge is 2.38. The molecule has 12 nitrogen and oxygen atoms in total. The van der Waals surface area contributed by atoms with E-state index in [1.165, 1.54) is 13.7 Å². The minimum Gasteiger partial charge on any atom is -0.247 e. The third-order valence-corrected chi connectivity index (χ3v) is 9.01. The van der Waals surface area contributed by atoms with Crippen LogP contribution in [-0.2, 0) is 14.4 Å². The summed E-state index contributed by atoms with van der Waals surface area (Å²) in [5, 5.41) is 0. The van der Waals surface area contributed by atoms with Crippen molar-refractivity contribution < 1.29 is 14.4 Å². The summed E-state index contributed by atoms with van der Waals surface area (Å²) >= 11 is 0. The Bertz CT molecular complexity index is 1150. The lowest BCUT2D eigenvalue weighted by Crippen LogP contribution is -2.60. The molecule has 0 radical (unpaired) electrons. The van der Waals surface area contributed by atoms with Gasteiger partial charge in [-0.15, -0.1) is 0 Å². The third kappa shape index (κ3) is 6.09. The van der Waals surface area contributed by atoms with E-state index < -0.39 is 35.2 Å². The van der Waals surface area contributed by atoms with Gasteiger partial charge in [-0.2, -0.15) is 0 Å². The first-order valence-corrected chi connectivity index (χ1v) is 14.1. The SMILES string of the molecule is O=C=NCC1CCCCC1n1c(=O)n(C2CCCCC2CN=C=O)c(=O)n(C2CCCCC2CN=C=O)c1=O. The van der Waals surface area contributed by atoms with Gasteiger partial charge in [0.15, 0.2) is 0 Å². The van der Waals surface area contributed by atoms with Crippen molar-refractivity contribution in [2.45, 2.75) is 95.2 Å². The fourth-order valence-corrected chi connectivity index (χ4v) is 7.13. The van der Waals surface area contributed by atoms with Gasteiger partial charge in [-0.3, -0.25) is 0 Å². The van der Waals surface area contributed by atoms with E-state index >= 15 is 0 Å². The lowest BCUT2D eigenvalue weighted by Gasteiger charge is -2.37. The topological polar surface area (TPSA) is 154 Å². The van der Waals surface area contributed by atoms with Crippen molar-refractivity contribution in [1.82, 2.24) is 13.7 Å². The number of isocyanates is 3. The Balaban J connectivity index is 1.95. The van der Waals surface area contributed by atoms with Crippen molar-refractivity contribution in [2.75, 3.05) is 19.6 Å². The van der Waals surface area contributed by atoms with Crippen LogP contribution in [0.2, 0.25) is 0 Å². The molecule has 0 spiro atoms. The standard InChI is InChI=1S/C27H36N6O6/c34-16-28-13-19-7-1-4-10-22(19)31-25(37)32(23-11-5-2-8-20(23)14-29-17-35)27(39)33(26(31)38)24-12-6-3-9-21(24)15-30-18-36/h19-24H,1-15H2. The normalized spacial score (nSPS) is 28.9. The molecule has 3 aliphatic carbocycles. The number of nitrogens with zero attached hydrogens (tertiary/aromatic N) is 6. The molecule has 1 aromatic rings.